The van der Waals surface area contributed by atoms with E-state index in [9.17, 15) is 0 Å². The van der Waals surface area contributed by atoms with E-state index >= 15 is 0 Å². The molecule has 48 valence electrons. The number of rotatable bonds is 5. The van der Waals surface area contributed by atoms with Gasteiger partial charge in [0.15, 0.2) is 0 Å². The molecule has 0 fully saturated rings. The van der Waals surface area contributed by atoms with E-state index in [1.807, 2.05) is 0 Å². The minimum Gasteiger partial charge on any atom is -0.499 e. The van der Waals surface area contributed by atoms with Crippen LogP contribution in [0.5, 0.6) is 0 Å². The van der Waals surface area contributed by atoms with E-state index in [-0.39, 0.29) is 6.61 Å². The molecule has 0 aliphatic heterocycles. The highest BCUT2D eigenvalue weighted by Crippen LogP contribution is 1.91. The standard InChI is InChI=1S/C5H7B3O2/c1-2-9-3-4-10-5(6,7)8/h2H,1,3-4H2. The van der Waals surface area contributed by atoms with Crippen LogP contribution in [0.25, 0.3) is 0 Å². The van der Waals surface area contributed by atoms with Crippen LogP contribution in [0.2, 0.25) is 0 Å². The zero-order chi connectivity index (χ0) is 8.04. The van der Waals surface area contributed by atoms with Gasteiger partial charge >= 0.3 is 0 Å². The van der Waals surface area contributed by atoms with Crippen molar-refractivity contribution in [3.05, 3.63) is 12.8 Å². The summed E-state index contributed by atoms with van der Waals surface area (Å²) in [5.41, 5.74) is 0. The van der Waals surface area contributed by atoms with Crippen molar-refractivity contribution < 1.29 is 9.47 Å². The Labute approximate surface area is 65.2 Å². The van der Waals surface area contributed by atoms with Crippen molar-refractivity contribution in [1.29, 1.82) is 0 Å². The number of hydrogen-bond donors (Lipinski definition) is 0. The van der Waals surface area contributed by atoms with Gasteiger partial charge in [-0.2, -0.15) is 0 Å². The highest BCUT2D eigenvalue weighted by molar-refractivity contribution is 6.58. The van der Waals surface area contributed by atoms with Crippen molar-refractivity contribution in [3.63, 3.8) is 0 Å². The first-order valence-electron chi connectivity index (χ1n) is 2.79. The molecule has 0 heterocycles. The molecular formula is C5H7B3O2. The second kappa shape index (κ2) is 4.50. The molecule has 0 aromatic rings. The Hall–Kier alpha value is -0.305. The van der Waals surface area contributed by atoms with Crippen LogP contribution in [-0.2, 0) is 9.47 Å². The summed E-state index contributed by atoms with van der Waals surface area (Å²) in [4.78, 5) is 0. The maximum atomic E-state index is 5.07. The molecule has 0 aromatic heterocycles. The summed E-state index contributed by atoms with van der Waals surface area (Å²) in [7, 11) is 15.2. The largest absolute Gasteiger partial charge is 0.499 e. The van der Waals surface area contributed by atoms with Crippen molar-refractivity contribution in [1.82, 2.24) is 0 Å². The van der Waals surface area contributed by atoms with Crippen LogP contribution in [0.3, 0.4) is 0 Å². The zero-order valence-electron chi connectivity index (χ0n) is 5.75. The Morgan fingerprint density at radius 3 is 2.30 bits per heavy atom. The summed E-state index contributed by atoms with van der Waals surface area (Å²) in [6.45, 7) is 3.91. The van der Waals surface area contributed by atoms with E-state index in [1.165, 1.54) is 6.26 Å². The molecule has 2 nitrogen and oxygen atoms in total. The van der Waals surface area contributed by atoms with E-state index in [4.69, 9.17) is 33.0 Å². The van der Waals surface area contributed by atoms with Crippen molar-refractivity contribution in [2.75, 3.05) is 13.2 Å². The summed E-state index contributed by atoms with van der Waals surface area (Å²) >= 11 is 0. The first-order chi connectivity index (χ1) is 4.56. The molecule has 10 heavy (non-hydrogen) atoms. The minimum absolute atomic E-state index is 0.246. The third-order valence-corrected chi connectivity index (χ3v) is 0.671. The molecule has 5 heteroatoms. The van der Waals surface area contributed by atoms with Crippen molar-refractivity contribution in [3.8, 4) is 0 Å². The van der Waals surface area contributed by atoms with Gasteiger partial charge in [0, 0.05) is 0 Å². The Morgan fingerprint density at radius 1 is 1.30 bits per heavy atom. The molecule has 0 bridgehead atoms. The van der Waals surface area contributed by atoms with Gasteiger partial charge in [0.05, 0.1) is 36.4 Å². The summed E-state index contributed by atoms with van der Waals surface area (Å²) in [6.07, 6.45) is 1.30. The molecule has 0 saturated heterocycles. The topological polar surface area (TPSA) is 18.5 Å². The zero-order valence-corrected chi connectivity index (χ0v) is 5.75. The van der Waals surface area contributed by atoms with Crippen LogP contribution < -0.4 is 0 Å². The molecule has 0 N–H and O–H groups in total. The van der Waals surface area contributed by atoms with Crippen LogP contribution in [0.15, 0.2) is 12.8 Å². The van der Waals surface area contributed by atoms with Crippen molar-refractivity contribution in [2.24, 2.45) is 0 Å². The van der Waals surface area contributed by atoms with Gasteiger partial charge in [0.2, 0.25) is 0 Å². The van der Waals surface area contributed by atoms with Crippen LogP contribution in [-0.4, -0.2) is 42.1 Å². The molecule has 0 amide bonds. The lowest BCUT2D eigenvalue weighted by atomic mass is 9.52. The fraction of sp³-hybridized carbons (Fsp3) is 0.600. The van der Waals surface area contributed by atoms with Gasteiger partial charge in [-0.05, 0) is 5.30 Å². The molecule has 0 aromatic carbocycles. The molecule has 0 atom stereocenters. The van der Waals surface area contributed by atoms with Crippen LogP contribution >= 0.6 is 0 Å². The molecule has 6 radical (unpaired) electrons. The maximum absolute atomic E-state index is 5.07. The highest BCUT2D eigenvalue weighted by atomic mass is 16.5. The van der Waals surface area contributed by atoms with Gasteiger partial charge in [0.25, 0.3) is 0 Å². The molecule has 0 aliphatic carbocycles. The SMILES string of the molecule is [B]C([B])([B])OCCOC=C. The van der Waals surface area contributed by atoms with Gasteiger partial charge in [-0.3, -0.25) is 0 Å². The van der Waals surface area contributed by atoms with Crippen LogP contribution in [0.1, 0.15) is 0 Å². The Balaban J connectivity index is 3.12. The molecule has 0 rings (SSSR count). The summed E-state index contributed by atoms with van der Waals surface area (Å²) in [5.74, 6) is 0. The second-order valence-corrected chi connectivity index (χ2v) is 1.74. The van der Waals surface area contributed by atoms with E-state index in [2.05, 4.69) is 6.58 Å². The lowest BCUT2D eigenvalue weighted by Gasteiger charge is -2.20. The van der Waals surface area contributed by atoms with E-state index < -0.39 is 5.30 Å². The third-order valence-electron chi connectivity index (χ3n) is 0.671. The van der Waals surface area contributed by atoms with Gasteiger partial charge in [-0.25, -0.2) is 0 Å². The Morgan fingerprint density at radius 2 is 1.90 bits per heavy atom. The number of ether oxygens (including phenoxy) is 2. The fourth-order valence-electron chi connectivity index (χ4n) is 0.350. The average molecular weight is 132 g/mol. The van der Waals surface area contributed by atoms with Gasteiger partial charge in [-0.1, -0.05) is 6.58 Å². The Bertz CT molecular complexity index is 99.6. The third kappa shape index (κ3) is 7.69. The lowest BCUT2D eigenvalue weighted by Crippen LogP contribution is -2.35. The quantitative estimate of drug-likeness (QED) is 0.279. The molecular weight excluding hydrogens is 124 g/mol. The first kappa shape index (κ1) is 9.69. The van der Waals surface area contributed by atoms with E-state index in [0.29, 0.717) is 6.61 Å². The van der Waals surface area contributed by atoms with Gasteiger partial charge in [-0.15, -0.1) is 0 Å². The normalized spacial score (nSPS) is 10.8. The average Bonchev–Trinajstić information content (AvgIpc) is 1.78. The van der Waals surface area contributed by atoms with Crippen molar-refractivity contribution >= 4 is 23.5 Å². The van der Waals surface area contributed by atoms with E-state index in [1.54, 1.807) is 0 Å². The summed E-state index contributed by atoms with van der Waals surface area (Å²) in [6, 6.07) is 0. The first-order valence-corrected chi connectivity index (χ1v) is 2.79. The monoisotopic (exact) mass is 132 g/mol. The van der Waals surface area contributed by atoms with Gasteiger partial charge < -0.3 is 9.47 Å². The smallest absolute Gasteiger partial charge is 0.111 e. The maximum Gasteiger partial charge on any atom is 0.111 e. The Kier molecular flexibility index (Phi) is 4.36. The lowest BCUT2D eigenvalue weighted by molar-refractivity contribution is 0.0803. The molecule has 0 aliphatic rings. The summed E-state index contributed by atoms with van der Waals surface area (Å²) in [5, 5.41) is -1.56. The van der Waals surface area contributed by atoms with Crippen molar-refractivity contribution in [2.45, 2.75) is 5.30 Å². The predicted octanol–water partition coefficient (Wildman–Crippen LogP) is -0.720. The fourth-order valence-corrected chi connectivity index (χ4v) is 0.350. The summed E-state index contributed by atoms with van der Waals surface area (Å²) < 4.78 is 9.39. The van der Waals surface area contributed by atoms with Gasteiger partial charge in [0.1, 0.15) is 6.61 Å². The molecule has 0 unspecified atom stereocenters. The van der Waals surface area contributed by atoms with Crippen LogP contribution in [0, 0.1) is 0 Å². The molecule has 0 saturated carbocycles. The minimum atomic E-state index is -1.56. The van der Waals surface area contributed by atoms with Crippen LogP contribution in [0.4, 0.5) is 0 Å². The van der Waals surface area contributed by atoms with E-state index in [0.717, 1.165) is 0 Å². The predicted molar refractivity (Wildman–Crippen MR) is 42.1 cm³/mol. The second-order valence-electron chi connectivity index (χ2n) is 1.74. The highest BCUT2D eigenvalue weighted by Gasteiger charge is 2.07. The number of hydrogen-bond acceptors (Lipinski definition) is 2. The molecule has 0 spiro atoms.